The second kappa shape index (κ2) is 6.15. The summed E-state index contributed by atoms with van der Waals surface area (Å²) in [6, 6.07) is 2.32. The molecule has 0 saturated carbocycles. The van der Waals surface area contributed by atoms with Crippen molar-refractivity contribution in [2.24, 2.45) is 11.8 Å². The van der Waals surface area contributed by atoms with Gasteiger partial charge in [0.15, 0.2) is 0 Å². The molecule has 1 N–H and O–H groups in total. The Morgan fingerprint density at radius 2 is 2.29 bits per heavy atom. The molecule has 0 aromatic heterocycles. The Bertz CT molecular complexity index is 307. The molecular weight excluding hydrogens is 236 g/mol. The highest BCUT2D eigenvalue weighted by Crippen LogP contribution is 2.27. The zero-order chi connectivity index (χ0) is 12.9. The summed E-state index contributed by atoms with van der Waals surface area (Å²) in [5.41, 5.74) is -0.472. The minimum atomic E-state index is -0.472. The smallest absolute Gasteiger partial charge is 0.407 e. The van der Waals surface area contributed by atoms with Crippen LogP contribution in [0.3, 0.4) is 0 Å². The molecule has 1 heterocycles. The number of amides is 1. The van der Waals surface area contributed by atoms with Gasteiger partial charge in [-0.05, 0) is 38.7 Å². The quantitative estimate of drug-likeness (QED) is 0.824. The Labute approximate surface area is 107 Å². The first kappa shape index (κ1) is 14.2. The number of ether oxygens (including phenoxy) is 1. The first-order valence-corrected chi connectivity index (χ1v) is 7.02. The molecule has 0 unspecified atom stereocenters. The standard InChI is InChI=1S/C12H20N2O2S/c1-12(2,3)16-11(15)14-7-10-8-17-5-4-9(10)6-13/h9-10H,4-5,7-8H2,1-3H3,(H,14,15)/t9-,10+/m0/s1. The molecule has 0 spiro atoms. The maximum absolute atomic E-state index is 11.5. The molecule has 1 aliphatic heterocycles. The summed E-state index contributed by atoms with van der Waals surface area (Å²) in [6.45, 7) is 6.03. The highest BCUT2D eigenvalue weighted by molar-refractivity contribution is 7.99. The SMILES string of the molecule is CC(C)(C)OC(=O)NC[C@@H]1CSCC[C@H]1C#N. The van der Waals surface area contributed by atoms with E-state index in [0.717, 1.165) is 17.9 Å². The first-order valence-electron chi connectivity index (χ1n) is 5.86. The van der Waals surface area contributed by atoms with Gasteiger partial charge in [-0.2, -0.15) is 17.0 Å². The molecular formula is C12H20N2O2S. The van der Waals surface area contributed by atoms with E-state index in [1.807, 2.05) is 32.5 Å². The zero-order valence-corrected chi connectivity index (χ0v) is 11.5. The van der Waals surface area contributed by atoms with Crippen molar-refractivity contribution in [3.63, 3.8) is 0 Å². The molecule has 0 aromatic carbocycles. The van der Waals surface area contributed by atoms with E-state index >= 15 is 0 Å². The molecule has 4 nitrogen and oxygen atoms in total. The van der Waals surface area contributed by atoms with Gasteiger partial charge in [0, 0.05) is 12.5 Å². The third-order valence-corrected chi connectivity index (χ3v) is 3.74. The zero-order valence-electron chi connectivity index (χ0n) is 10.7. The van der Waals surface area contributed by atoms with Crippen LogP contribution in [0.25, 0.3) is 0 Å². The number of carbonyl (C=O) groups is 1. The lowest BCUT2D eigenvalue weighted by Gasteiger charge is -2.27. The van der Waals surface area contributed by atoms with E-state index in [1.54, 1.807) is 0 Å². The van der Waals surface area contributed by atoms with Gasteiger partial charge in [0.2, 0.25) is 0 Å². The lowest BCUT2D eigenvalue weighted by molar-refractivity contribution is 0.0517. The van der Waals surface area contributed by atoms with Crippen LogP contribution in [0.4, 0.5) is 4.79 Å². The third-order valence-electron chi connectivity index (χ3n) is 2.55. The van der Waals surface area contributed by atoms with Crippen molar-refractivity contribution in [2.45, 2.75) is 32.8 Å². The number of rotatable bonds is 2. The van der Waals surface area contributed by atoms with Gasteiger partial charge in [0.1, 0.15) is 5.60 Å². The summed E-state index contributed by atoms with van der Waals surface area (Å²) in [6.07, 6.45) is 0.520. The van der Waals surface area contributed by atoms with Crippen LogP contribution in [0.15, 0.2) is 0 Å². The van der Waals surface area contributed by atoms with E-state index in [0.29, 0.717) is 6.54 Å². The number of nitriles is 1. The van der Waals surface area contributed by atoms with Gasteiger partial charge in [-0.1, -0.05) is 0 Å². The summed E-state index contributed by atoms with van der Waals surface area (Å²) in [5.74, 6) is 2.28. The maximum atomic E-state index is 11.5. The van der Waals surface area contributed by atoms with Gasteiger partial charge in [0.25, 0.3) is 0 Å². The fraction of sp³-hybridized carbons (Fsp3) is 0.833. The van der Waals surface area contributed by atoms with Crippen LogP contribution in [0, 0.1) is 23.2 Å². The van der Waals surface area contributed by atoms with Gasteiger partial charge in [-0.25, -0.2) is 4.79 Å². The molecule has 0 radical (unpaired) electrons. The van der Waals surface area contributed by atoms with E-state index < -0.39 is 11.7 Å². The van der Waals surface area contributed by atoms with Crippen LogP contribution in [-0.4, -0.2) is 29.7 Å². The molecule has 0 aromatic rings. The number of hydrogen-bond donors (Lipinski definition) is 1. The minimum Gasteiger partial charge on any atom is -0.444 e. The van der Waals surface area contributed by atoms with Crippen LogP contribution >= 0.6 is 11.8 Å². The Morgan fingerprint density at radius 1 is 1.59 bits per heavy atom. The normalized spacial score (nSPS) is 24.8. The van der Waals surface area contributed by atoms with Crippen molar-refractivity contribution in [3.05, 3.63) is 0 Å². The number of nitrogens with zero attached hydrogens (tertiary/aromatic N) is 1. The van der Waals surface area contributed by atoms with Crippen LogP contribution in [-0.2, 0) is 4.74 Å². The molecule has 1 aliphatic rings. The van der Waals surface area contributed by atoms with Crippen LogP contribution in [0.2, 0.25) is 0 Å². The number of hydrogen-bond acceptors (Lipinski definition) is 4. The second-order valence-corrected chi connectivity index (χ2v) is 6.39. The van der Waals surface area contributed by atoms with E-state index in [9.17, 15) is 4.79 Å². The van der Waals surface area contributed by atoms with E-state index in [-0.39, 0.29) is 11.8 Å². The van der Waals surface area contributed by atoms with Gasteiger partial charge in [-0.3, -0.25) is 0 Å². The molecule has 5 heteroatoms. The van der Waals surface area contributed by atoms with E-state index in [2.05, 4.69) is 11.4 Å². The summed E-state index contributed by atoms with van der Waals surface area (Å²) >= 11 is 1.84. The molecule has 1 amide bonds. The van der Waals surface area contributed by atoms with Crippen molar-refractivity contribution in [3.8, 4) is 6.07 Å². The summed E-state index contributed by atoms with van der Waals surface area (Å²) < 4.78 is 5.16. The second-order valence-electron chi connectivity index (χ2n) is 5.24. The third kappa shape index (κ3) is 5.31. The summed E-state index contributed by atoms with van der Waals surface area (Å²) in [4.78, 5) is 11.5. The van der Waals surface area contributed by atoms with Crippen molar-refractivity contribution >= 4 is 17.9 Å². The fourth-order valence-electron chi connectivity index (χ4n) is 1.70. The topological polar surface area (TPSA) is 62.1 Å². The van der Waals surface area contributed by atoms with Crippen LogP contribution in [0.5, 0.6) is 0 Å². The molecule has 1 fully saturated rings. The average Bonchev–Trinajstić information content (AvgIpc) is 2.24. The first-order chi connectivity index (χ1) is 7.92. The molecule has 17 heavy (non-hydrogen) atoms. The van der Waals surface area contributed by atoms with Gasteiger partial charge in [0.05, 0.1) is 12.0 Å². The molecule has 0 bridgehead atoms. The monoisotopic (exact) mass is 256 g/mol. The van der Waals surface area contributed by atoms with Gasteiger partial charge >= 0.3 is 6.09 Å². The Kier molecular flexibility index (Phi) is 5.13. The van der Waals surface area contributed by atoms with Crippen molar-refractivity contribution in [1.29, 1.82) is 5.26 Å². The van der Waals surface area contributed by atoms with Crippen LogP contribution in [0.1, 0.15) is 27.2 Å². The Balaban J connectivity index is 2.34. The predicted molar refractivity (Wildman–Crippen MR) is 68.8 cm³/mol. The Hall–Kier alpha value is -0.890. The fourth-order valence-corrected chi connectivity index (χ4v) is 2.94. The number of alkyl carbamates (subject to hydrolysis) is 1. The highest BCUT2D eigenvalue weighted by atomic mass is 32.2. The predicted octanol–water partition coefficient (Wildman–Crippen LogP) is 2.40. The molecule has 1 saturated heterocycles. The van der Waals surface area contributed by atoms with Crippen LogP contribution < -0.4 is 5.32 Å². The van der Waals surface area contributed by atoms with Crippen molar-refractivity contribution in [2.75, 3.05) is 18.1 Å². The Morgan fingerprint density at radius 3 is 2.88 bits per heavy atom. The average molecular weight is 256 g/mol. The van der Waals surface area contributed by atoms with Crippen molar-refractivity contribution < 1.29 is 9.53 Å². The van der Waals surface area contributed by atoms with Gasteiger partial charge in [-0.15, -0.1) is 0 Å². The number of nitrogens with one attached hydrogen (secondary N) is 1. The lowest BCUT2D eigenvalue weighted by Crippen LogP contribution is -2.38. The van der Waals surface area contributed by atoms with Crippen molar-refractivity contribution in [1.82, 2.24) is 5.32 Å². The van der Waals surface area contributed by atoms with E-state index in [1.165, 1.54) is 0 Å². The largest absolute Gasteiger partial charge is 0.444 e. The number of thioether (sulfide) groups is 1. The molecule has 0 aliphatic carbocycles. The molecule has 96 valence electrons. The highest BCUT2D eigenvalue weighted by Gasteiger charge is 2.26. The lowest BCUT2D eigenvalue weighted by atomic mass is 9.92. The molecule has 2 atom stereocenters. The minimum absolute atomic E-state index is 0.0613. The van der Waals surface area contributed by atoms with E-state index in [4.69, 9.17) is 10.00 Å². The molecule has 1 rings (SSSR count). The number of carbonyl (C=O) groups excluding carboxylic acids is 1. The van der Waals surface area contributed by atoms with Gasteiger partial charge < -0.3 is 10.1 Å². The summed E-state index contributed by atoms with van der Waals surface area (Å²) in [7, 11) is 0. The maximum Gasteiger partial charge on any atom is 0.407 e. The summed E-state index contributed by atoms with van der Waals surface area (Å²) in [5, 5.41) is 11.8.